The number of nitrogens with zero attached hydrogens (tertiary/aromatic N) is 1. The summed E-state index contributed by atoms with van der Waals surface area (Å²) < 4.78 is 4.70. The number of likely N-dealkylation sites (tertiary alicyclic amines) is 1. The number of para-hydroxylation sites is 1. The summed E-state index contributed by atoms with van der Waals surface area (Å²) in [6.45, 7) is 1.39. The number of piperidine rings is 1. The lowest BCUT2D eigenvalue weighted by atomic mass is 9.93. The fraction of sp³-hybridized carbons (Fsp3) is 0.500. The first-order chi connectivity index (χ1) is 10.2. The molecule has 0 saturated carbocycles. The standard InChI is InChI=1S/C16H22N2O3/c1-17-14-6-4-3-5-13(14)16(20)18-9-7-12(8-10-18)11-15(19)21-2/h3-6,12,17H,7-11H2,1-2H3. The van der Waals surface area contributed by atoms with E-state index in [1.165, 1.54) is 7.11 Å². The van der Waals surface area contributed by atoms with E-state index in [1.54, 1.807) is 0 Å². The summed E-state index contributed by atoms with van der Waals surface area (Å²) in [5.74, 6) is 0.206. The zero-order chi connectivity index (χ0) is 15.2. The molecule has 1 heterocycles. The maximum absolute atomic E-state index is 12.6. The molecule has 1 aromatic carbocycles. The van der Waals surface area contributed by atoms with E-state index in [-0.39, 0.29) is 11.9 Å². The van der Waals surface area contributed by atoms with Gasteiger partial charge in [0.05, 0.1) is 12.7 Å². The third-order valence-electron chi connectivity index (χ3n) is 4.01. The summed E-state index contributed by atoms with van der Waals surface area (Å²) in [6, 6.07) is 7.52. The van der Waals surface area contributed by atoms with Crippen molar-refractivity contribution in [2.45, 2.75) is 19.3 Å². The molecular formula is C16H22N2O3. The summed E-state index contributed by atoms with van der Waals surface area (Å²) in [5, 5.41) is 3.05. The Kier molecular flexibility index (Phi) is 5.20. The van der Waals surface area contributed by atoms with Crippen molar-refractivity contribution in [2.75, 3.05) is 32.6 Å². The van der Waals surface area contributed by atoms with Crippen LogP contribution >= 0.6 is 0 Å². The van der Waals surface area contributed by atoms with Crippen molar-refractivity contribution in [3.63, 3.8) is 0 Å². The van der Waals surface area contributed by atoms with Crippen LogP contribution < -0.4 is 5.32 Å². The number of esters is 1. The monoisotopic (exact) mass is 290 g/mol. The summed E-state index contributed by atoms with van der Waals surface area (Å²) in [7, 11) is 3.23. The molecule has 0 atom stereocenters. The largest absolute Gasteiger partial charge is 0.469 e. The second-order valence-electron chi connectivity index (χ2n) is 5.31. The minimum atomic E-state index is -0.166. The van der Waals surface area contributed by atoms with Gasteiger partial charge in [-0.2, -0.15) is 0 Å². The van der Waals surface area contributed by atoms with Crippen LogP contribution in [0.1, 0.15) is 29.6 Å². The molecule has 5 nitrogen and oxygen atoms in total. The molecule has 0 radical (unpaired) electrons. The van der Waals surface area contributed by atoms with Gasteiger partial charge in [-0.1, -0.05) is 12.1 Å². The average molecular weight is 290 g/mol. The average Bonchev–Trinajstić information content (AvgIpc) is 2.54. The minimum absolute atomic E-state index is 0.0523. The molecule has 5 heteroatoms. The Labute approximate surface area is 125 Å². The van der Waals surface area contributed by atoms with E-state index in [4.69, 9.17) is 4.74 Å². The van der Waals surface area contributed by atoms with E-state index in [9.17, 15) is 9.59 Å². The third-order valence-corrected chi connectivity index (χ3v) is 4.01. The first-order valence-corrected chi connectivity index (χ1v) is 7.28. The number of methoxy groups -OCH3 is 1. The molecule has 21 heavy (non-hydrogen) atoms. The van der Waals surface area contributed by atoms with Crippen molar-refractivity contribution in [1.82, 2.24) is 4.90 Å². The highest BCUT2D eigenvalue weighted by molar-refractivity contribution is 5.99. The number of hydrogen-bond donors (Lipinski definition) is 1. The van der Waals surface area contributed by atoms with Crippen molar-refractivity contribution in [1.29, 1.82) is 0 Å². The number of ether oxygens (including phenoxy) is 1. The molecule has 0 bridgehead atoms. The minimum Gasteiger partial charge on any atom is -0.469 e. The van der Waals surface area contributed by atoms with E-state index < -0.39 is 0 Å². The predicted molar refractivity (Wildman–Crippen MR) is 81.2 cm³/mol. The Balaban J connectivity index is 1.95. The van der Waals surface area contributed by atoms with Crippen LogP contribution in [-0.2, 0) is 9.53 Å². The molecule has 1 saturated heterocycles. The lowest BCUT2D eigenvalue weighted by Gasteiger charge is -2.32. The van der Waals surface area contributed by atoms with Crippen molar-refractivity contribution in [3.05, 3.63) is 29.8 Å². The number of carbonyl (C=O) groups is 2. The summed E-state index contributed by atoms with van der Waals surface area (Å²) >= 11 is 0. The fourth-order valence-corrected chi connectivity index (χ4v) is 2.72. The van der Waals surface area contributed by atoms with E-state index >= 15 is 0 Å². The molecule has 0 aromatic heterocycles. The third kappa shape index (κ3) is 3.74. The molecule has 1 aliphatic rings. The van der Waals surface area contributed by atoms with Crippen molar-refractivity contribution < 1.29 is 14.3 Å². The number of carbonyl (C=O) groups excluding carboxylic acids is 2. The van der Waals surface area contributed by atoms with Gasteiger partial charge in [0.1, 0.15) is 0 Å². The summed E-state index contributed by atoms with van der Waals surface area (Å²) in [6.07, 6.45) is 2.15. The number of rotatable bonds is 4. The smallest absolute Gasteiger partial charge is 0.305 e. The van der Waals surface area contributed by atoms with E-state index in [2.05, 4.69) is 5.32 Å². The molecular weight excluding hydrogens is 268 g/mol. The number of anilines is 1. The molecule has 1 aliphatic heterocycles. The van der Waals surface area contributed by atoms with Gasteiger partial charge >= 0.3 is 5.97 Å². The maximum atomic E-state index is 12.6. The van der Waals surface area contributed by atoms with Gasteiger partial charge in [-0.15, -0.1) is 0 Å². The Morgan fingerprint density at radius 1 is 1.29 bits per heavy atom. The Hall–Kier alpha value is -2.04. The Bertz CT molecular complexity index is 508. The molecule has 114 valence electrons. The van der Waals surface area contributed by atoms with Gasteiger partial charge in [0.2, 0.25) is 0 Å². The second-order valence-corrected chi connectivity index (χ2v) is 5.31. The zero-order valence-electron chi connectivity index (χ0n) is 12.6. The SMILES string of the molecule is CNc1ccccc1C(=O)N1CCC(CC(=O)OC)CC1. The van der Waals surface area contributed by atoms with Crippen LogP contribution in [0.5, 0.6) is 0 Å². The van der Waals surface area contributed by atoms with Crippen LogP contribution in [0, 0.1) is 5.92 Å². The molecule has 1 N–H and O–H groups in total. The highest BCUT2D eigenvalue weighted by atomic mass is 16.5. The Morgan fingerprint density at radius 3 is 2.57 bits per heavy atom. The van der Waals surface area contributed by atoms with E-state index in [1.807, 2.05) is 36.2 Å². The normalized spacial score (nSPS) is 15.6. The molecule has 0 unspecified atom stereocenters. The number of nitrogens with one attached hydrogen (secondary N) is 1. The second kappa shape index (κ2) is 7.11. The van der Waals surface area contributed by atoms with Gasteiger partial charge in [0.25, 0.3) is 5.91 Å². The highest BCUT2D eigenvalue weighted by Crippen LogP contribution is 2.24. The van der Waals surface area contributed by atoms with Gasteiger partial charge in [0, 0.05) is 32.2 Å². The first-order valence-electron chi connectivity index (χ1n) is 7.28. The van der Waals surface area contributed by atoms with Crippen LogP contribution in [0.15, 0.2) is 24.3 Å². The van der Waals surface area contributed by atoms with Crippen LogP contribution in [-0.4, -0.2) is 44.0 Å². The topological polar surface area (TPSA) is 58.6 Å². The molecule has 0 aliphatic carbocycles. The highest BCUT2D eigenvalue weighted by Gasteiger charge is 2.26. The quantitative estimate of drug-likeness (QED) is 0.863. The Morgan fingerprint density at radius 2 is 1.95 bits per heavy atom. The summed E-state index contributed by atoms with van der Waals surface area (Å²) in [4.78, 5) is 25.7. The van der Waals surface area contributed by atoms with Gasteiger partial charge in [-0.3, -0.25) is 9.59 Å². The maximum Gasteiger partial charge on any atom is 0.305 e. The van der Waals surface area contributed by atoms with E-state index in [0.717, 1.165) is 18.5 Å². The van der Waals surface area contributed by atoms with Gasteiger partial charge in [-0.25, -0.2) is 0 Å². The van der Waals surface area contributed by atoms with Crippen LogP contribution in [0.25, 0.3) is 0 Å². The lowest BCUT2D eigenvalue weighted by molar-refractivity contribution is -0.142. The molecule has 1 aromatic rings. The fourth-order valence-electron chi connectivity index (χ4n) is 2.72. The predicted octanol–water partition coefficient (Wildman–Crippen LogP) is 2.14. The molecule has 1 amide bonds. The summed E-state index contributed by atoms with van der Waals surface area (Å²) in [5.41, 5.74) is 1.55. The first kappa shape index (κ1) is 15.4. The van der Waals surface area contributed by atoms with Gasteiger partial charge in [0.15, 0.2) is 0 Å². The van der Waals surface area contributed by atoms with Crippen molar-refractivity contribution in [2.24, 2.45) is 5.92 Å². The molecule has 0 spiro atoms. The number of hydrogen-bond acceptors (Lipinski definition) is 4. The zero-order valence-corrected chi connectivity index (χ0v) is 12.6. The van der Waals surface area contributed by atoms with Crippen LogP contribution in [0.4, 0.5) is 5.69 Å². The number of amides is 1. The van der Waals surface area contributed by atoms with Gasteiger partial charge < -0.3 is 15.0 Å². The molecule has 1 fully saturated rings. The van der Waals surface area contributed by atoms with Crippen molar-refractivity contribution >= 4 is 17.6 Å². The van der Waals surface area contributed by atoms with Crippen LogP contribution in [0.3, 0.4) is 0 Å². The van der Waals surface area contributed by atoms with E-state index in [0.29, 0.717) is 31.0 Å². The van der Waals surface area contributed by atoms with Crippen LogP contribution in [0.2, 0.25) is 0 Å². The lowest BCUT2D eigenvalue weighted by Crippen LogP contribution is -2.39. The molecule has 2 rings (SSSR count). The van der Waals surface area contributed by atoms with Crippen molar-refractivity contribution in [3.8, 4) is 0 Å². The number of benzene rings is 1. The van der Waals surface area contributed by atoms with Gasteiger partial charge in [-0.05, 0) is 30.9 Å².